The molecule has 0 unspecified atom stereocenters. The zero-order chi connectivity index (χ0) is 15.3. The number of rotatable bonds is 8. The molecule has 0 saturated heterocycles. The third-order valence-electron chi connectivity index (χ3n) is 2.99. The fraction of sp³-hybridized carbons (Fsp3) is 0.571. The van der Waals surface area contributed by atoms with Crippen LogP contribution in [0.1, 0.15) is 18.4 Å². The Balaban J connectivity index is 1.89. The van der Waals surface area contributed by atoms with Gasteiger partial charge in [-0.05, 0) is 31.0 Å². The van der Waals surface area contributed by atoms with Gasteiger partial charge in [0.2, 0.25) is 0 Å². The number of halogens is 3. The lowest BCUT2D eigenvalue weighted by Gasteiger charge is -2.14. The van der Waals surface area contributed by atoms with Gasteiger partial charge in [0.1, 0.15) is 18.1 Å². The Hall–Kier alpha value is -1.47. The maximum absolute atomic E-state index is 12.0. The third-order valence-corrected chi connectivity index (χ3v) is 2.99. The Morgan fingerprint density at radius 2 is 2.05 bits per heavy atom. The smallest absolute Gasteiger partial charge is 0.411 e. The average molecular weight is 305 g/mol. The topological polar surface area (TPSA) is 39.7 Å². The van der Waals surface area contributed by atoms with Crippen LogP contribution in [0.2, 0.25) is 0 Å². The van der Waals surface area contributed by atoms with E-state index in [9.17, 15) is 13.2 Å². The number of hydrogen-bond donors (Lipinski definition) is 1. The highest BCUT2D eigenvalue weighted by atomic mass is 19.4. The molecule has 1 aliphatic rings. The van der Waals surface area contributed by atoms with Crippen LogP contribution < -0.4 is 14.8 Å². The summed E-state index contributed by atoms with van der Waals surface area (Å²) in [6, 6.07) is 5.68. The van der Waals surface area contributed by atoms with Crippen LogP contribution in [0.5, 0.6) is 11.5 Å². The van der Waals surface area contributed by atoms with Crippen molar-refractivity contribution >= 4 is 0 Å². The highest BCUT2D eigenvalue weighted by molar-refractivity contribution is 5.40. The van der Waals surface area contributed by atoms with Gasteiger partial charge >= 0.3 is 6.18 Å². The SMILES string of the molecule is COc1ccc(OCOCC(F)(F)F)c(CNC2CC2)c1. The lowest BCUT2D eigenvalue weighted by atomic mass is 10.2. The molecule has 1 aromatic carbocycles. The summed E-state index contributed by atoms with van der Waals surface area (Å²) < 4.78 is 50.8. The average Bonchev–Trinajstić information content (AvgIpc) is 3.25. The highest BCUT2D eigenvalue weighted by Crippen LogP contribution is 2.26. The van der Waals surface area contributed by atoms with Crippen molar-refractivity contribution in [3.05, 3.63) is 23.8 Å². The van der Waals surface area contributed by atoms with Crippen molar-refractivity contribution in [1.82, 2.24) is 5.32 Å². The molecule has 21 heavy (non-hydrogen) atoms. The van der Waals surface area contributed by atoms with E-state index in [0.717, 1.165) is 18.4 Å². The van der Waals surface area contributed by atoms with E-state index in [-0.39, 0.29) is 0 Å². The van der Waals surface area contributed by atoms with Crippen molar-refractivity contribution in [1.29, 1.82) is 0 Å². The molecule has 0 radical (unpaired) electrons. The van der Waals surface area contributed by atoms with Gasteiger partial charge in [-0.2, -0.15) is 13.2 Å². The predicted octanol–water partition coefficient (Wildman–Crippen LogP) is 2.86. The van der Waals surface area contributed by atoms with Crippen molar-refractivity contribution in [2.24, 2.45) is 0 Å². The van der Waals surface area contributed by atoms with Gasteiger partial charge in [0.05, 0.1) is 7.11 Å². The van der Waals surface area contributed by atoms with E-state index in [4.69, 9.17) is 9.47 Å². The number of alkyl halides is 3. The number of hydrogen-bond acceptors (Lipinski definition) is 4. The summed E-state index contributed by atoms with van der Waals surface area (Å²) in [6.07, 6.45) is -2.05. The van der Waals surface area contributed by atoms with E-state index >= 15 is 0 Å². The molecule has 0 aromatic heterocycles. The lowest BCUT2D eigenvalue weighted by molar-refractivity contribution is -0.186. The molecule has 1 fully saturated rings. The largest absolute Gasteiger partial charge is 0.497 e. The van der Waals surface area contributed by atoms with Gasteiger partial charge in [0.25, 0.3) is 0 Å². The second-order valence-corrected chi connectivity index (χ2v) is 4.85. The Kier molecular flexibility index (Phi) is 5.30. The normalized spacial score (nSPS) is 15.0. The second kappa shape index (κ2) is 7.00. The van der Waals surface area contributed by atoms with E-state index in [1.165, 1.54) is 0 Å². The van der Waals surface area contributed by atoms with Crippen LogP contribution in [0.25, 0.3) is 0 Å². The van der Waals surface area contributed by atoms with Crippen molar-refractivity contribution < 1.29 is 27.4 Å². The zero-order valence-corrected chi connectivity index (χ0v) is 11.7. The van der Waals surface area contributed by atoms with E-state index in [0.29, 0.717) is 24.1 Å². The minimum atomic E-state index is -4.35. The van der Waals surface area contributed by atoms with Crippen molar-refractivity contribution in [2.45, 2.75) is 31.6 Å². The first kappa shape index (κ1) is 15.9. The van der Waals surface area contributed by atoms with E-state index in [1.807, 2.05) is 0 Å². The van der Waals surface area contributed by atoms with E-state index in [1.54, 1.807) is 25.3 Å². The molecule has 0 bridgehead atoms. The quantitative estimate of drug-likeness (QED) is 0.592. The molecule has 4 nitrogen and oxygen atoms in total. The number of methoxy groups -OCH3 is 1. The molecule has 0 aliphatic heterocycles. The molecule has 7 heteroatoms. The number of benzene rings is 1. The van der Waals surface area contributed by atoms with Crippen LogP contribution >= 0.6 is 0 Å². The van der Waals surface area contributed by atoms with Crippen LogP contribution in [0.4, 0.5) is 13.2 Å². The van der Waals surface area contributed by atoms with Gasteiger partial charge in [0.15, 0.2) is 6.79 Å². The lowest BCUT2D eigenvalue weighted by Crippen LogP contribution is -2.20. The first-order valence-corrected chi connectivity index (χ1v) is 6.65. The molecule has 1 aliphatic carbocycles. The summed E-state index contributed by atoms with van der Waals surface area (Å²) in [5, 5.41) is 3.32. The fourth-order valence-electron chi connectivity index (χ4n) is 1.77. The maximum Gasteiger partial charge on any atom is 0.411 e. The second-order valence-electron chi connectivity index (χ2n) is 4.85. The Bertz CT molecular complexity index is 461. The Morgan fingerprint density at radius 3 is 2.67 bits per heavy atom. The highest BCUT2D eigenvalue weighted by Gasteiger charge is 2.27. The molecule has 1 aromatic rings. The van der Waals surface area contributed by atoms with Gasteiger partial charge in [-0.3, -0.25) is 0 Å². The van der Waals surface area contributed by atoms with Gasteiger partial charge in [-0.1, -0.05) is 0 Å². The van der Waals surface area contributed by atoms with Gasteiger partial charge < -0.3 is 19.5 Å². The summed E-state index contributed by atoms with van der Waals surface area (Å²) in [6.45, 7) is -1.18. The summed E-state index contributed by atoms with van der Waals surface area (Å²) in [5.74, 6) is 1.16. The van der Waals surface area contributed by atoms with Crippen LogP contribution in [-0.2, 0) is 11.3 Å². The molecule has 2 rings (SSSR count). The number of ether oxygens (including phenoxy) is 3. The van der Waals surface area contributed by atoms with Crippen LogP contribution in [-0.4, -0.2) is 32.7 Å². The standard InChI is InChI=1S/C14H18F3NO3/c1-19-12-4-5-13(21-9-20-8-14(15,16)17)10(6-12)7-18-11-2-3-11/h4-6,11,18H,2-3,7-9H2,1H3. The van der Waals surface area contributed by atoms with Crippen LogP contribution in [0.3, 0.4) is 0 Å². The molecule has 118 valence electrons. The predicted molar refractivity (Wildman–Crippen MR) is 70.4 cm³/mol. The summed E-state index contributed by atoms with van der Waals surface area (Å²) in [7, 11) is 1.56. The summed E-state index contributed by atoms with van der Waals surface area (Å²) in [5.41, 5.74) is 0.830. The van der Waals surface area contributed by atoms with Crippen molar-refractivity contribution in [3.8, 4) is 11.5 Å². The van der Waals surface area contributed by atoms with E-state index in [2.05, 4.69) is 10.1 Å². The summed E-state index contributed by atoms with van der Waals surface area (Å²) >= 11 is 0. The maximum atomic E-state index is 12.0. The molecular weight excluding hydrogens is 287 g/mol. The summed E-state index contributed by atoms with van der Waals surface area (Å²) in [4.78, 5) is 0. The molecular formula is C14H18F3NO3. The van der Waals surface area contributed by atoms with Gasteiger partial charge in [-0.25, -0.2) is 0 Å². The Morgan fingerprint density at radius 1 is 1.29 bits per heavy atom. The fourth-order valence-corrected chi connectivity index (χ4v) is 1.77. The van der Waals surface area contributed by atoms with Gasteiger partial charge in [0, 0.05) is 18.2 Å². The Labute approximate surface area is 121 Å². The van der Waals surface area contributed by atoms with Crippen molar-refractivity contribution in [3.63, 3.8) is 0 Å². The van der Waals surface area contributed by atoms with Crippen LogP contribution in [0.15, 0.2) is 18.2 Å². The van der Waals surface area contributed by atoms with E-state index < -0.39 is 19.6 Å². The van der Waals surface area contributed by atoms with Crippen LogP contribution in [0, 0.1) is 0 Å². The first-order chi connectivity index (χ1) is 9.98. The molecule has 1 N–H and O–H groups in total. The minimum Gasteiger partial charge on any atom is -0.497 e. The molecule has 0 heterocycles. The zero-order valence-electron chi connectivity index (χ0n) is 11.7. The van der Waals surface area contributed by atoms with Crippen molar-refractivity contribution in [2.75, 3.05) is 20.5 Å². The third kappa shape index (κ3) is 5.81. The first-order valence-electron chi connectivity index (χ1n) is 6.65. The molecule has 0 atom stereocenters. The van der Waals surface area contributed by atoms with Gasteiger partial charge in [-0.15, -0.1) is 0 Å². The molecule has 0 amide bonds. The molecule has 0 spiro atoms. The monoisotopic (exact) mass is 305 g/mol. The minimum absolute atomic E-state index is 0.442. The number of nitrogens with one attached hydrogen (secondary N) is 1. The molecule has 1 saturated carbocycles.